The number of aliphatic hydroxyl groups is 1. The lowest BCUT2D eigenvalue weighted by atomic mass is 9.86. The van der Waals surface area contributed by atoms with Crippen molar-refractivity contribution in [3.63, 3.8) is 0 Å². The molecule has 0 unspecified atom stereocenters. The van der Waals surface area contributed by atoms with Gasteiger partial charge >= 0.3 is 5.97 Å². The van der Waals surface area contributed by atoms with Gasteiger partial charge in [0.1, 0.15) is 14.0 Å². The molecular formula is C9H17BO4. The molecule has 1 aliphatic rings. The first-order chi connectivity index (χ1) is 6.60. The number of aliphatic hydroxyl groups excluding tert-OH is 1. The van der Waals surface area contributed by atoms with E-state index < -0.39 is 0 Å². The van der Waals surface area contributed by atoms with E-state index in [0.29, 0.717) is 0 Å². The Labute approximate surface area is 85.0 Å². The van der Waals surface area contributed by atoms with Crippen molar-refractivity contribution in [1.29, 1.82) is 0 Å². The van der Waals surface area contributed by atoms with Crippen LogP contribution < -0.4 is 0 Å². The largest absolute Gasteiger partial charge is 0.460 e. The van der Waals surface area contributed by atoms with Gasteiger partial charge in [-0.05, 0) is 6.42 Å². The Morgan fingerprint density at radius 1 is 1.64 bits per heavy atom. The van der Waals surface area contributed by atoms with Crippen LogP contribution in [0.5, 0.6) is 0 Å². The van der Waals surface area contributed by atoms with Gasteiger partial charge in [0, 0.05) is 12.8 Å². The highest BCUT2D eigenvalue weighted by molar-refractivity contribution is 6.11. The lowest BCUT2D eigenvalue weighted by molar-refractivity contribution is -0.148. The van der Waals surface area contributed by atoms with Crippen molar-refractivity contribution >= 4 is 13.8 Å². The van der Waals surface area contributed by atoms with Gasteiger partial charge in [-0.25, -0.2) is 0 Å². The van der Waals surface area contributed by atoms with Crippen molar-refractivity contribution in [3.05, 3.63) is 0 Å². The summed E-state index contributed by atoms with van der Waals surface area (Å²) in [7, 11) is 1.87. The number of ether oxygens (including phenoxy) is 2. The van der Waals surface area contributed by atoms with E-state index in [4.69, 9.17) is 14.6 Å². The van der Waals surface area contributed by atoms with Gasteiger partial charge in [0.25, 0.3) is 0 Å². The van der Waals surface area contributed by atoms with Crippen LogP contribution in [0.1, 0.15) is 20.3 Å². The summed E-state index contributed by atoms with van der Waals surface area (Å²) < 4.78 is 10.7. The molecule has 4 atom stereocenters. The molecule has 0 bridgehead atoms. The van der Waals surface area contributed by atoms with Gasteiger partial charge in [-0.2, -0.15) is 0 Å². The number of hydrogen-bond acceptors (Lipinski definition) is 4. The summed E-state index contributed by atoms with van der Waals surface area (Å²) in [6.45, 7) is 3.39. The quantitative estimate of drug-likeness (QED) is 0.483. The number of hydrogen-bond donors (Lipinski definition) is 1. The van der Waals surface area contributed by atoms with E-state index in [1.807, 2.05) is 14.8 Å². The van der Waals surface area contributed by atoms with Crippen molar-refractivity contribution in [2.75, 3.05) is 6.61 Å². The third-order valence-corrected chi connectivity index (χ3v) is 2.71. The molecule has 1 saturated heterocycles. The summed E-state index contributed by atoms with van der Waals surface area (Å²) in [5, 5.41) is 9.07. The van der Waals surface area contributed by atoms with Crippen LogP contribution in [0.3, 0.4) is 0 Å². The average Bonchev–Trinajstić information content (AvgIpc) is 2.42. The van der Waals surface area contributed by atoms with E-state index >= 15 is 0 Å². The fraction of sp³-hybridized carbons (Fsp3) is 0.889. The Kier molecular flexibility index (Phi) is 3.95. The van der Waals surface area contributed by atoms with Gasteiger partial charge in [-0.15, -0.1) is 0 Å². The first kappa shape index (κ1) is 11.5. The van der Waals surface area contributed by atoms with Crippen LogP contribution in [-0.2, 0) is 14.3 Å². The van der Waals surface area contributed by atoms with Crippen molar-refractivity contribution < 1.29 is 19.4 Å². The summed E-state index contributed by atoms with van der Waals surface area (Å²) in [4.78, 5) is 10.9. The Morgan fingerprint density at radius 2 is 2.29 bits per heavy atom. The van der Waals surface area contributed by atoms with E-state index in [1.54, 1.807) is 0 Å². The molecule has 0 aromatic heterocycles. The van der Waals surface area contributed by atoms with Crippen LogP contribution in [-0.4, -0.2) is 43.7 Å². The molecule has 0 aromatic carbocycles. The molecule has 0 aromatic rings. The van der Waals surface area contributed by atoms with E-state index in [0.717, 1.165) is 6.42 Å². The lowest BCUT2D eigenvalue weighted by Crippen LogP contribution is -2.33. The summed E-state index contributed by atoms with van der Waals surface area (Å²) >= 11 is 0. The molecule has 0 saturated carbocycles. The maximum Gasteiger partial charge on any atom is 0.302 e. The maximum absolute atomic E-state index is 10.9. The molecule has 0 aliphatic carbocycles. The van der Waals surface area contributed by atoms with Crippen LogP contribution in [0.2, 0.25) is 0 Å². The van der Waals surface area contributed by atoms with E-state index in [9.17, 15) is 4.79 Å². The first-order valence-corrected chi connectivity index (χ1v) is 5.03. The van der Waals surface area contributed by atoms with Crippen molar-refractivity contribution in [2.24, 2.45) is 5.92 Å². The van der Waals surface area contributed by atoms with Crippen LogP contribution in [0.4, 0.5) is 0 Å². The van der Waals surface area contributed by atoms with E-state index in [-0.39, 0.29) is 36.7 Å². The molecule has 80 valence electrons. The smallest absolute Gasteiger partial charge is 0.302 e. The minimum atomic E-state index is -0.289. The zero-order valence-electron chi connectivity index (χ0n) is 8.90. The average molecular weight is 200 g/mol. The van der Waals surface area contributed by atoms with Gasteiger partial charge in [0.15, 0.2) is 0 Å². The molecule has 1 fully saturated rings. The molecule has 1 rings (SSSR count). The third kappa shape index (κ3) is 2.28. The highest BCUT2D eigenvalue weighted by Gasteiger charge is 2.42. The molecule has 0 radical (unpaired) electrons. The molecule has 1 aliphatic heterocycles. The monoisotopic (exact) mass is 200 g/mol. The van der Waals surface area contributed by atoms with Crippen LogP contribution in [0, 0.1) is 5.92 Å². The summed E-state index contributed by atoms with van der Waals surface area (Å²) in [6, 6.07) is -0.124. The Bertz CT molecular complexity index is 209. The number of carbonyl (C=O) groups is 1. The van der Waals surface area contributed by atoms with Gasteiger partial charge in [0.05, 0.1) is 18.7 Å². The number of esters is 1. The number of rotatable bonds is 3. The summed E-state index contributed by atoms with van der Waals surface area (Å²) in [6.07, 6.45) is 0.432. The zero-order valence-corrected chi connectivity index (χ0v) is 8.90. The van der Waals surface area contributed by atoms with E-state index in [1.165, 1.54) is 6.92 Å². The predicted molar refractivity (Wildman–Crippen MR) is 53.6 cm³/mol. The molecule has 1 heterocycles. The highest BCUT2D eigenvalue weighted by Crippen LogP contribution is 2.30. The molecule has 14 heavy (non-hydrogen) atoms. The summed E-state index contributed by atoms with van der Waals surface area (Å²) in [5.74, 6) is -0.179. The molecule has 0 spiro atoms. The minimum Gasteiger partial charge on any atom is -0.460 e. The lowest BCUT2D eigenvalue weighted by Gasteiger charge is -2.20. The van der Waals surface area contributed by atoms with Crippen LogP contribution in [0.25, 0.3) is 0 Å². The zero-order chi connectivity index (χ0) is 10.7. The second-order valence-electron chi connectivity index (χ2n) is 3.71. The fourth-order valence-electron chi connectivity index (χ4n) is 2.06. The maximum atomic E-state index is 10.9. The molecule has 5 heteroatoms. The van der Waals surface area contributed by atoms with Gasteiger partial charge < -0.3 is 14.6 Å². The van der Waals surface area contributed by atoms with Crippen LogP contribution in [0.15, 0.2) is 0 Å². The first-order valence-electron chi connectivity index (χ1n) is 5.03. The molecule has 1 N–H and O–H groups in total. The molecule has 0 amide bonds. The predicted octanol–water partition coefficient (Wildman–Crippen LogP) is -0.705. The second-order valence-corrected chi connectivity index (χ2v) is 3.71. The molecule has 4 nitrogen and oxygen atoms in total. The van der Waals surface area contributed by atoms with Crippen molar-refractivity contribution in [1.82, 2.24) is 0 Å². The van der Waals surface area contributed by atoms with Gasteiger partial charge in [0.2, 0.25) is 0 Å². The Morgan fingerprint density at radius 3 is 2.71 bits per heavy atom. The number of carbonyl (C=O) groups excluding carboxylic acids is 1. The van der Waals surface area contributed by atoms with Gasteiger partial charge in [-0.3, -0.25) is 4.79 Å². The Balaban J connectivity index is 2.66. The van der Waals surface area contributed by atoms with Crippen molar-refractivity contribution in [2.45, 2.75) is 38.5 Å². The van der Waals surface area contributed by atoms with E-state index in [2.05, 4.69) is 0 Å². The normalized spacial score (nSPS) is 37.1. The van der Waals surface area contributed by atoms with Crippen LogP contribution >= 0.6 is 0 Å². The summed E-state index contributed by atoms with van der Waals surface area (Å²) in [5.41, 5.74) is 0. The topological polar surface area (TPSA) is 55.8 Å². The standard InChI is InChI=1S/C9H17BO4/c1-3-6-7(4-11)14-9(10)8(6)13-5(2)12/h6-9,11H,3-4,10H2,1-2H3/t6-,7-,8-,9-/m1/s1. The van der Waals surface area contributed by atoms with Crippen molar-refractivity contribution in [3.8, 4) is 0 Å². The minimum absolute atomic E-state index is 0.0133. The fourth-order valence-corrected chi connectivity index (χ4v) is 2.06. The SMILES string of the molecule is B[C@@H]1O[C@H](CO)[C@@H](CC)[C@H]1OC(C)=O. The molecular weight excluding hydrogens is 183 g/mol. The third-order valence-electron chi connectivity index (χ3n) is 2.71. The second kappa shape index (κ2) is 4.80. The Hall–Kier alpha value is -0.545. The van der Waals surface area contributed by atoms with Gasteiger partial charge in [-0.1, -0.05) is 6.92 Å². The highest BCUT2D eigenvalue weighted by atomic mass is 16.6.